The molecule has 2 aliphatic rings. The Bertz CT molecular complexity index is 1050. The van der Waals surface area contributed by atoms with Crippen LogP contribution in [-0.4, -0.2) is 48.9 Å². The molecular weight excluding hydrogens is 396 g/mol. The topological polar surface area (TPSA) is 50.3 Å². The fourth-order valence-electron chi connectivity index (χ4n) is 5.27. The van der Waals surface area contributed by atoms with Gasteiger partial charge in [0.1, 0.15) is 0 Å². The number of hydrogen-bond acceptors (Lipinski definition) is 5. The van der Waals surface area contributed by atoms with Crippen LogP contribution in [0, 0.1) is 13.8 Å². The van der Waals surface area contributed by atoms with Gasteiger partial charge in [0.2, 0.25) is 5.95 Å². The van der Waals surface area contributed by atoms with Crippen LogP contribution < -0.4 is 10.2 Å². The second kappa shape index (κ2) is 9.16. The molecular formula is C27H34N4O. The Morgan fingerprint density at radius 3 is 2.50 bits per heavy atom. The number of rotatable bonds is 5. The largest absolute Gasteiger partial charge is 0.381 e. The molecule has 2 aromatic carbocycles. The lowest BCUT2D eigenvalue weighted by Gasteiger charge is -2.40. The highest BCUT2D eigenvalue weighted by molar-refractivity contribution is 5.82. The number of benzene rings is 2. The summed E-state index contributed by atoms with van der Waals surface area (Å²) in [6, 6.07) is 18.0. The van der Waals surface area contributed by atoms with Crippen LogP contribution in [0.25, 0.3) is 10.9 Å². The van der Waals surface area contributed by atoms with E-state index in [1.807, 2.05) is 0 Å². The van der Waals surface area contributed by atoms with Crippen LogP contribution in [0.1, 0.15) is 42.5 Å². The zero-order valence-electron chi connectivity index (χ0n) is 19.3. The van der Waals surface area contributed by atoms with Crippen molar-refractivity contribution >= 4 is 16.9 Å². The maximum Gasteiger partial charge on any atom is 0.226 e. The number of aromatic nitrogens is 2. The van der Waals surface area contributed by atoms with E-state index in [9.17, 15) is 0 Å². The van der Waals surface area contributed by atoms with Crippen LogP contribution in [-0.2, 0) is 10.2 Å². The lowest BCUT2D eigenvalue weighted by Crippen LogP contribution is -2.49. The van der Waals surface area contributed by atoms with Gasteiger partial charge in [-0.1, -0.05) is 42.0 Å². The number of hydrogen-bond donors (Lipinski definition) is 1. The third kappa shape index (κ3) is 4.37. The van der Waals surface area contributed by atoms with Gasteiger partial charge in [-0.05, 0) is 57.2 Å². The Balaban J connectivity index is 1.23. The Hall–Kier alpha value is -2.50. The minimum Gasteiger partial charge on any atom is -0.381 e. The first-order valence-corrected chi connectivity index (χ1v) is 12.0. The summed E-state index contributed by atoms with van der Waals surface area (Å²) < 4.78 is 5.70. The summed E-state index contributed by atoms with van der Waals surface area (Å²) in [5.74, 6) is 0.877. The molecule has 1 aromatic heterocycles. The van der Waals surface area contributed by atoms with E-state index >= 15 is 0 Å². The standard InChI is InChI=1S/C27H34N4O/c1-20-8-9-25-24(18-20)21(2)29-26(30-25)31-14-10-23(11-15-31)28-19-27(12-16-32-17-13-27)22-6-4-3-5-7-22/h3-9,18,23,28H,10-17,19H2,1-2H3. The molecule has 0 radical (unpaired) electrons. The van der Waals surface area contributed by atoms with Crippen molar-refractivity contribution in [2.75, 3.05) is 37.7 Å². The SMILES string of the molecule is Cc1ccc2nc(N3CCC(NCC4(c5ccccc5)CCOCC4)CC3)nc(C)c2c1. The van der Waals surface area contributed by atoms with Crippen LogP contribution in [0.2, 0.25) is 0 Å². The fourth-order valence-corrected chi connectivity index (χ4v) is 5.27. The van der Waals surface area contributed by atoms with E-state index in [0.29, 0.717) is 6.04 Å². The fraction of sp³-hybridized carbons (Fsp3) is 0.481. The zero-order chi connectivity index (χ0) is 22.0. The lowest BCUT2D eigenvalue weighted by atomic mass is 9.74. The second-order valence-corrected chi connectivity index (χ2v) is 9.53. The van der Waals surface area contributed by atoms with Gasteiger partial charge >= 0.3 is 0 Å². The van der Waals surface area contributed by atoms with E-state index in [-0.39, 0.29) is 5.41 Å². The smallest absolute Gasteiger partial charge is 0.226 e. The molecule has 2 aliphatic heterocycles. The third-order valence-corrected chi connectivity index (χ3v) is 7.37. The molecule has 2 saturated heterocycles. The Morgan fingerprint density at radius 1 is 1.00 bits per heavy atom. The summed E-state index contributed by atoms with van der Waals surface area (Å²) >= 11 is 0. The number of ether oxygens (including phenoxy) is 1. The molecule has 3 aromatic rings. The number of nitrogens with one attached hydrogen (secondary N) is 1. The molecule has 1 N–H and O–H groups in total. The van der Waals surface area contributed by atoms with Gasteiger partial charge in [-0.25, -0.2) is 9.97 Å². The Kier molecular flexibility index (Phi) is 6.11. The van der Waals surface area contributed by atoms with Gasteiger partial charge in [-0.3, -0.25) is 0 Å². The predicted octanol–water partition coefficient (Wildman–Crippen LogP) is 4.55. The van der Waals surface area contributed by atoms with E-state index in [2.05, 4.69) is 72.6 Å². The number of piperidine rings is 1. The summed E-state index contributed by atoms with van der Waals surface area (Å²) in [5, 5.41) is 5.09. The molecule has 32 heavy (non-hydrogen) atoms. The molecule has 5 rings (SSSR count). The lowest BCUT2D eigenvalue weighted by molar-refractivity contribution is 0.0485. The monoisotopic (exact) mass is 430 g/mol. The number of aryl methyl sites for hydroxylation is 2. The van der Waals surface area contributed by atoms with Crippen molar-refractivity contribution in [2.45, 2.75) is 51.0 Å². The molecule has 0 saturated carbocycles. The maximum absolute atomic E-state index is 5.70. The van der Waals surface area contributed by atoms with Gasteiger partial charge in [0.15, 0.2) is 0 Å². The molecule has 0 unspecified atom stereocenters. The molecule has 5 heteroatoms. The molecule has 168 valence electrons. The van der Waals surface area contributed by atoms with Crippen molar-refractivity contribution in [2.24, 2.45) is 0 Å². The van der Waals surface area contributed by atoms with Gasteiger partial charge < -0.3 is 15.0 Å². The van der Waals surface area contributed by atoms with Crippen molar-refractivity contribution in [3.05, 3.63) is 65.4 Å². The molecule has 0 amide bonds. The predicted molar refractivity (Wildman–Crippen MR) is 130 cm³/mol. The van der Waals surface area contributed by atoms with E-state index < -0.39 is 0 Å². The number of anilines is 1. The summed E-state index contributed by atoms with van der Waals surface area (Å²) in [5.41, 5.74) is 5.00. The second-order valence-electron chi connectivity index (χ2n) is 9.53. The van der Waals surface area contributed by atoms with Crippen LogP contribution in [0.15, 0.2) is 48.5 Å². The highest BCUT2D eigenvalue weighted by Crippen LogP contribution is 2.34. The summed E-state index contributed by atoms with van der Waals surface area (Å²) in [4.78, 5) is 12.1. The first-order chi connectivity index (χ1) is 15.6. The quantitative estimate of drug-likeness (QED) is 0.643. The molecule has 3 heterocycles. The van der Waals surface area contributed by atoms with Crippen LogP contribution in [0.4, 0.5) is 5.95 Å². The minimum atomic E-state index is 0.188. The zero-order valence-corrected chi connectivity index (χ0v) is 19.3. The van der Waals surface area contributed by atoms with Crippen molar-refractivity contribution in [1.29, 1.82) is 0 Å². The van der Waals surface area contributed by atoms with E-state index in [1.54, 1.807) is 0 Å². The van der Waals surface area contributed by atoms with Crippen LogP contribution >= 0.6 is 0 Å². The van der Waals surface area contributed by atoms with Gasteiger partial charge in [0.25, 0.3) is 0 Å². The van der Waals surface area contributed by atoms with Gasteiger partial charge in [-0.2, -0.15) is 0 Å². The third-order valence-electron chi connectivity index (χ3n) is 7.37. The minimum absolute atomic E-state index is 0.188. The van der Waals surface area contributed by atoms with Gasteiger partial charge in [-0.15, -0.1) is 0 Å². The Morgan fingerprint density at radius 2 is 1.75 bits per heavy atom. The Labute approximate surface area is 191 Å². The average Bonchev–Trinajstić information content (AvgIpc) is 2.84. The average molecular weight is 431 g/mol. The van der Waals surface area contributed by atoms with Crippen molar-refractivity contribution in [1.82, 2.24) is 15.3 Å². The highest BCUT2D eigenvalue weighted by Gasteiger charge is 2.35. The van der Waals surface area contributed by atoms with Crippen molar-refractivity contribution in [3.8, 4) is 0 Å². The van der Waals surface area contributed by atoms with Crippen molar-refractivity contribution in [3.63, 3.8) is 0 Å². The molecule has 5 nitrogen and oxygen atoms in total. The van der Waals surface area contributed by atoms with Gasteiger partial charge in [0.05, 0.1) is 11.2 Å². The maximum atomic E-state index is 5.70. The molecule has 0 atom stereocenters. The molecule has 0 spiro atoms. The molecule has 0 bridgehead atoms. The number of fused-ring (bicyclic) bond motifs is 1. The highest BCUT2D eigenvalue weighted by atomic mass is 16.5. The van der Waals surface area contributed by atoms with Gasteiger partial charge in [0, 0.05) is 49.7 Å². The molecule has 2 fully saturated rings. The van der Waals surface area contributed by atoms with Crippen LogP contribution in [0.5, 0.6) is 0 Å². The first-order valence-electron chi connectivity index (χ1n) is 12.0. The normalized spacial score (nSPS) is 19.4. The molecule has 0 aliphatic carbocycles. The van der Waals surface area contributed by atoms with Crippen LogP contribution in [0.3, 0.4) is 0 Å². The number of nitrogens with zero attached hydrogens (tertiary/aromatic N) is 3. The van der Waals surface area contributed by atoms with E-state index in [4.69, 9.17) is 14.7 Å². The van der Waals surface area contributed by atoms with E-state index in [0.717, 1.165) is 81.1 Å². The summed E-state index contributed by atoms with van der Waals surface area (Å²) in [6.45, 7) is 8.94. The van der Waals surface area contributed by atoms with E-state index in [1.165, 1.54) is 11.1 Å². The first kappa shape index (κ1) is 21.4. The summed E-state index contributed by atoms with van der Waals surface area (Å²) in [6.07, 6.45) is 4.42. The van der Waals surface area contributed by atoms with Crippen molar-refractivity contribution < 1.29 is 4.74 Å². The summed E-state index contributed by atoms with van der Waals surface area (Å²) in [7, 11) is 0.